The second-order valence-electron chi connectivity index (χ2n) is 7.45. The van der Waals surface area contributed by atoms with Crippen molar-refractivity contribution in [2.75, 3.05) is 26.7 Å². The first-order chi connectivity index (χ1) is 12.2. The molecule has 1 saturated carbocycles. The van der Waals surface area contributed by atoms with Crippen molar-refractivity contribution < 1.29 is 0 Å². The van der Waals surface area contributed by atoms with Gasteiger partial charge in [0, 0.05) is 50.7 Å². The summed E-state index contributed by atoms with van der Waals surface area (Å²) in [4.78, 5) is 11.5. The Morgan fingerprint density at radius 2 is 1.96 bits per heavy atom. The number of likely N-dealkylation sites (tertiary alicyclic amines) is 1. The maximum atomic E-state index is 4.39. The van der Waals surface area contributed by atoms with Gasteiger partial charge in [0.2, 0.25) is 0 Å². The van der Waals surface area contributed by atoms with Crippen LogP contribution in [0.15, 0.2) is 23.3 Å². The number of aliphatic imine (C=N–C) groups is 1. The maximum Gasteiger partial charge on any atom is 0.191 e. The van der Waals surface area contributed by atoms with Crippen LogP contribution in [0, 0.1) is 6.92 Å². The van der Waals surface area contributed by atoms with Crippen LogP contribution in [-0.4, -0.2) is 54.6 Å². The van der Waals surface area contributed by atoms with Crippen molar-refractivity contribution in [3.05, 3.63) is 29.6 Å². The Labute approximate surface area is 152 Å². The standard InChI is InChI=1S/C20H33N5/c1-16-7-8-17(15-23-16)9-12-22-20(21-2)24-18-10-13-25(14-11-18)19-5-3-4-6-19/h7-8,15,18-19H,3-6,9-14H2,1-2H3,(H2,21,22,24). The van der Waals surface area contributed by atoms with Crippen molar-refractivity contribution in [1.29, 1.82) is 0 Å². The lowest BCUT2D eigenvalue weighted by atomic mass is 10.0. The number of nitrogens with one attached hydrogen (secondary N) is 2. The summed E-state index contributed by atoms with van der Waals surface area (Å²) in [6.07, 6.45) is 11.1. The Morgan fingerprint density at radius 1 is 1.20 bits per heavy atom. The Morgan fingerprint density at radius 3 is 2.60 bits per heavy atom. The van der Waals surface area contributed by atoms with Gasteiger partial charge in [-0.1, -0.05) is 18.9 Å². The fourth-order valence-corrected chi connectivity index (χ4v) is 4.04. The lowest BCUT2D eigenvalue weighted by molar-refractivity contribution is 0.150. The van der Waals surface area contributed by atoms with E-state index in [2.05, 4.69) is 37.6 Å². The lowest BCUT2D eigenvalue weighted by Crippen LogP contribution is -2.50. The fraction of sp³-hybridized carbons (Fsp3) is 0.700. The molecule has 0 spiro atoms. The minimum Gasteiger partial charge on any atom is -0.356 e. The second-order valence-corrected chi connectivity index (χ2v) is 7.45. The highest BCUT2D eigenvalue weighted by atomic mass is 15.2. The summed E-state index contributed by atoms with van der Waals surface area (Å²) in [5.41, 5.74) is 2.33. The molecule has 0 bridgehead atoms. The highest BCUT2D eigenvalue weighted by Gasteiger charge is 2.27. The Kier molecular flexibility index (Phi) is 6.68. The molecule has 138 valence electrons. The SMILES string of the molecule is CN=C(NCCc1ccc(C)nc1)NC1CCN(C2CCCC2)CC1. The smallest absolute Gasteiger partial charge is 0.191 e. The third kappa shape index (κ3) is 5.43. The van der Waals surface area contributed by atoms with Gasteiger partial charge >= 0.3 is 0 Å². The van der Waals surface area contributed by atoms with E-state index in [4.69, 9.17) is 0 Å². The summed E-state index contributed by atoms with van der Waals surface area (Å²) in [5, 5.41) is 7.05. The van der Waals surface area contributed by atoms with Crippen molar-refractivity contribution in [2.24, 2.45) is 4.99 Å². The molecule has 2 aliphatic rings. The van der Waals surface area contributed by atoms with Gasteiger partial charge in [-0.2, -0.15) is 0 Å². The van der Waals surface area contributed by atoms with E-state index < -0.39 is 0 Å². The normalized spacial score (nSPS) is 20.8. The van der Waals surface area contributed by atoms with Crippen LogP contribution in [0.1, 0.15) is 49.8 Å². The first-order valence-corrected chi connectivity index (χ1v) is 9.87. The topological polar surface area (TPSA) is 52.6 Å². The molecule has 2 N–H and O–H groups in total. The maximum absolute atomic E-state index is 4.39. The largest absolute Gasteiger partial charge is 0.356 e. The molecular formula is C20H33N5. The van der Waals surface area contributed by atoms with E-state index in [1.165, 1.54) is 57.2 Å². The molecule has 2 fully saturated rings. The Hall–Kier alpha value is -1.62. The zero-order valence-electron chi connectivity index (χ0n) is 15.8. The minimum atomic E-state index is 0.546. The van der Waals surface area contributed by atoms with E-state index in [-0.39, 0.29) is 0 Å². The summed E-state index contributed by atoms with van der Waals surface area (Å²) in [7, 11) is 1.86. The minimum absolute atomic E-state index is 0.546. The Bertz CT molecular complexity index is 540. The van der Waals surface area contributed by atoms with Crippen LogP contribution in [-0.2, 0) is 6.42 Å². The number of hydrogen-bond donors (Lipinski definition) is 2. The van der Waals surface area contributed by atoms with E-state index in [1.54, 1.807) is 0 Å². The number of nitrogens with zero attached hydrogens (tertiary/aromatic N) is 3. The summed E-state index contributed by atoms with van der Waals surface area (Å²) < 4.78 is 0. The first kappa shape index (κ1) is 18.2. The van der Waals surface area contributed by atoms with Gasteiger partial charge in [-0.25, -0.2) is 0 Å². The summed E-state index contributed by atoms with van der Waals surface area (Å²) >= 11 is 0. The van der Waals surface area contributed by atoms with Crippen LogP contribution in [0.4, 0.5) is 0 Å². The van der Waals surface area contributed by atoms with Crippen LogP contribution in [0.5, 0.6) is 0 Å². The van der Waals surface area contributed by atoms with Gasteiger partial charge < -0.3 is 15.5 Å². The predicted molar refractivity (Wildman–Crippen MR) is 104 cm³/mol. The van der Waals surface area contributed by atoms with Crippen LogP contribution >= 0.6 is 0 Å². The van der Waals surface area contributed by atoms with Gasteiger partial charge in [-0.05, 0) is 50.7 Å². The second kappa shape index (κ2) is 9.18. The monoisotopic (exact) mass is 343 g/mol. The summed E-state index contributed by atoms with van der Waals surface area (Å²) in [6, 6.07) is 5.63. The molecule has 5 heteroatoms. The highest BCUT2D eigenvalue weighted by Crippen LogP contribution is 2.26. The Balaban J connectivity index is 1.37. The number of aromatic nitrogens is 1. The van der Waals surface area contributed by atoms with E-state index in [9.17, 15) is 0 Å². The molecule has 0 atom stereocenters. The number of hydrogen-bond acceptors (Lipinski definition) is 3. The van der Waals surface area contributed by atoms with Crippen molar-refractivity contribution in [3.63, 3.8) is 0 Å². The molecule has 2 heterocycles. The summed E-state index contributed by atoms with van der Waals surface area (Å²) in [6.45, 7) is 5.36. The van der Waals surface area contributed by atoms with Crippen LogP contribution < -0.4 is 10.6 Å². The van der Waals surface area contributed by atoms with Gasteiger partial charge in [0.05, 0.1) is 0 Å². The van der Waals surface area contributed by atoms with E-state index >= 15 is 0 Å². The van der Waals surface area contributed by atoms with Crippen molar-refractivity contribution >= 4 is 5.96 Å². The zero-order chi connectivity index (χ0) is 17.5. The molecule has 0 radical (unpaired) electrons. The number of pyridine rings is 1. The molecule has 1 aromatic rings. The average Bonchev–Trinajstić information content (AvgIpc) is 3.18. The average molecular weight is 344 g/mol. The van der Waals surface area contributed by atoms with Gasteiger partial charge in [0.1, 0.15) is 0 Å². The van der Waals surface area contributed by atoms with Crippen LogP contribution in [0.25, 0.3) is 0 Å². The number of rotatable bonds is 5. The molecular weight excluding hydrogens is 310 g/mol. The van der Waals surface area contributed by atoms with Gasteiger partial charge in [0.15, 0.2) is 5.96 Å². The molecule has 1 aromatic heterocycles. The van der Waals surface area contributed by atoms with Crippen molar-refractivity contribution in [2.45, 2.75) is 64.0 Å². The quantitative estimate of drug-likeness (QED) is 0.637. The molecule has 25 heavy (non-hydrogen) atoms. The van der Waals surface area contributed by atoms with Crippen molar-refractivity contribution in [1.82, 2.24) is 20.5 Å². The first-order valence-electron chi connectivity index (χ1n) is 9.87. The molecule has 1 aliphatic carbocycles. The van der Waals surface area contributed by atoms with Gasteiger partial charge in [-0.15, -0.1) is 0 Å². The fourth-order valence-electron chi connectivity index (χ4n) is 4.04. The van der Waals surface area contributed by atoms with Gasteiger partial charge in [0.25, 0.3) is 0 Å². The molecule has 3 rings (SSSR count). The molecule has 0 unspecified atom stereocenters. The third-order valence-corrected chi connectivity index (χ3v) is 5.61. The van der Waals surface area contributed by atoms with Crippen LogP contribution in [0.2, 0.25) is 0 Å². The van der Waals surface area contributed by atoms with Gasteiger partial charge in [-0.3, -0.25) is 9.98 Å². The van der Waals surface area contributed by atoms with E-state index in [1.807, 2.05) is 20.2 Å². The molecule has 0 aromatic carbocycles. The third-order valence-electron chi connectivity index (χ3n) is 5.61. The summed E-state index contributed by atoms with van der Waals surface area (Å²) in [5.74, 6) is 0.930. The number of piperidine rings is 1. The lowest BCUT2D eigenvalue weighted by Gasteiger charge is -2.36. The molecule has 0 amide bonds. The number of aryl methyl sites for hydroxylation is 1. The molecule has 1 saturated heterocycles. The number of guanidine groups is 1. The van der Waals surface area contributed by atoms with Crippen molar-refractivity contribution in [3.8, 4) is 0 Å². The zero-order valence-corrected chi connectivity index (χ0v) is 15.8. The predicted octanol–water partition coefficient (Wildman–Crippen LogP) is 2.50. The molecule has 1 aliphatic heterocycles. The molecule has 5 nitrogen and oxygen atoms in total. The highest BCUT2D eigenvalue weighted by molar-refractivity contribution is 5.79. The van der Waals surface area contributed by atoms with E-state index in [0.29, 0.717) is 6.04 Å². The van der Waals surface area contributed by atoms with E-state index in [0.717, 1.165) is 30.7 Å². The van der Waals surface area contributed by atoms with Crippen LogP contribution in [0.3, 0.4) is 0 Å².